The highest BCUT2D eigenvalue weighted by Crippen LogP contribution is 2.61. The van der Waals surface area contributed by atoms with Gasteiger partial charge < -0.3 is 56.8 Å². The highest BCUT2D eigenvalue weighted by Gasteiger charge is 2.57. The van der Waals surface area contributed by atoms with E-state index in [1.54, 1.807) is 56.8 Å². The Hall–Kier alpha value is -7.00. The predicted octanol–water partition coefficient (Wildman–Crippen LogP) is 7.99. The smallest absolute Gasteiger partial charge is 0.320 e. The summed E-state index contributed by atoms with van der Waals surface area (Å²) in [5.74, 6) is 0.870. The number of carbonyl (C=O) groups is 2. The molecule has 0 bridgehead atoms. The SMILES string of the molecule is CC(C)(C(=O)c1cccnc1)c1cccnc1.C[C@]12CC[C@@H]3c4ccc(O)cc4CC[C@H]3[C@@H]1C[C@H](O)[C@@H]2O.Cc1cc(O)c(-c2cc(O)c(C)cc2O)cc1O.N[C@@H](Cc1ccccc1)C(=O)O.O=[N+]([O-])C(Br)(CO)CO. The van der Waals surface area contributed by atoms with Crippen LogP contribution in [0.1, 0.15) is 96.1 Å². The highest BCUT2D eigenvalue weighted by molar-refractivity contribution is 9.10. The molecule has 3 aliphatic carbocycles. The van der Waals surface area contributed by atoms with Gasteiger partial charge in [0.25, 0.3) is 0 Å². The second kappa shape index (κ2) is 26.4. The van der Waals surface area contributed by atoms with Crippen molar-refractivity contribution in [2.75, 3.05) is 13.2 Å². The Morgan fingerprint density at radius 2 is 1.38 bits per heavy atom. The molecular weight excluding hydrogens is 1060 g/mol. The van der Waals surface area contributed by atoms with Gasteiger partial charge in [-0.05, 0) is 177 Å². The molecule has 19 heteroatoms. The van der Waals surface area contributed by atoms with Crippen LogP contribution < -0.4 is 5.73 Å². The number of nitrogens with zero attached hydrogens (tertiary/aromatic N) is 3. The number of benzene rings is 4. The number of nitro groups is 1. The van der Waals surface area contributed by atoms with E-state index in [1.165, 1.54) is 35.4 Å². The molecule has 412 valence electrons. The minimum atomic E-state index is -1.77. The zero-order valence-electron chi connectivity index (χ0n) is 43.6. The van der Waals surface area contributed by atoms with E-state index in [1.807, 2.05) is 62.4 Å². The van der Waals surface area contributed by atoms with Gasteiger partial charge in [-0.3, -0.25) is 29.7 Å². The third kappa shape index (κ3) is 14.7. The number of carboxylic acid groups (broad SMARTS) is 1. The summed E-state index contributed by atoms with van der Waals surface area (Å²) < 4.78 is -1.77. The maximum absolute atomic E-state index is 12.4. The standard InChI is InChI=1S/C18H24O3.C14H14N2O.C14H14O4.C9H11NO2.C3H6BrNO4/c1-18-7-6-13-12-5-3-11(19)8-10(12)2-4-14(13)15(18)9-16(20)17(18)21;1-14(2,12-6-4-8-16-10-12)13(17)11-5-3-7-15-9-11;1-7-3-13(17)9(5-11(7)15)10-6-12(16)8(2)4-14(10)18;10-8(9(11)12)6-7-4-2-1-3-5-7;4-3(1-6,2-7)5(8)9/h3,5,8,13-17,19-21H,2,4,6-7,9H2,1H3;3-10H,1-2H3;3-6,15-18H,1-2H3;1-5,8H,6,10H2,(H,11,12);6-7H,1-2H2/t13-,14-,15+,16+,17+,18+;;;8-;/m1..0./s1. The second-order valence-corrected chi connectivity index (χ2v) is 21.9. The minimum Gasteiger partial charge on any atom is -0.508 e. The van der Waals surface area contributed by atoms with Crippen molar-refractivity contribution in [2.45, 2.75) is 107 Å². The van der Waals surface area contributed by atoms with Crippen LogP contribution in [0.4, 0.5) is 0 Å². The molecule has 0 amide bonds. The minimum absolute atomic E-state index is 0.0160. The molecule has 3 aliphatic rings. The number of aliphatic hydroxyl groups excluding tert-OH is 4. The van der Waals surface area contributed by atoms with E-state index in [0.29, 0.717) is 46.6 Å². The van der Waals surface area contributed by atoms with Crippen molar-refractivity contribution in [3.8, 4) is 39.9 Å². The number of aliphatic carboxylic acids is 1. The summed E-state index contributed by atoms with van der Waals surface area (Å²) >= 11 is 2.55. The molecule has 2 fully saturated rings. The van der Waals surface area contributed by atoms with Crippen molar-refractivity contribution in [3.63, 3.8) is 0 Å². The molecule has 0 aliphatic heterocycles. The van der Waals surface area contributed by atoms with Crippen LogP contribution in [0.25, 0.3) is 11.1 Å². The number of pyridine rings is 2. The average molecular weight is 1130 g/mol. The van der Waals surface area contributed by atoms with E-state index >= 15 is 0 Å². The largest absolute Gasteiger partial charge is 0.508 e. The third-order valence-electron chi connectivity index (χ3n) is 14.9. The molecule has 77 heavy (non-hydrogen) atoms. The fourth-order valence-electron chi connectivity index (χ4n) is 10.2. The van der Waals surface area contributed by atoms with Crippen molar-refractivity contribution in [1.82, 2.24) is 9.97 Å². The monoisotopic (exact) mass is 1120 g/mol. The van der Waals surface area contributed by atoms with Gasteiger partial charge in [-0.1, -0.05) is 49.4 Å². The van der Waals surface area contributed by atoms with Crippen molar-refractivity contribution >= 4 is 27.7 Å². The molecule has 2 aromatic heterocycles. The molecular formula is C58H69BrN4O14. The summed E-state index contributed by atoms with van der Waals surface area (Å²) in [5.41, 5.74) is 11.4. The number of halogens is 1. The van der Waals surface area contributed by atoms with Crippen LogP contribution in [0.2, 0.25) is 0 Å². The van der Waals surface area contributed by atoms with E-state index in [0.717, 1.165) is 43.2 Å². The van der Waals surface area contributed by atoms with Crippen molar-refractivity contribution in [1.29, 1.82) is 0 Å². The Balaban J connectivity index is 0.000000183. The van der Waals surface area contributed by atoms with Gasteiger partial charge in [0.2, 0.25) is 0 Å². The topological polar surface area (TPSA) is 331 Å². The Labute approximate surface area is 455 Å². The first kappa shape index (κ1) is 60.9. The molecule has 0 radical (unpaired) electrons. The number of ketones is 1. The van der Waals surface area contributed by atoms with E-state index in [9.17, 15) is 55.4 Å². The van der Waals surface area contributed by atoms with Gasteiger partial charge in [-0.25, -0.2) is 0 Å². The number of aromatic hydroxyl groups is 5. The van der Waals surface area contributed by atoms with Crippen LogP contribution in [0.15, 0.2) is 122 Å². The quantitative estimate of drug-likeness (QED) is 0.0155. The molecule has 12 N–H and O–H groups in total. The first-order valence-electron chi connectivity index (χ1n) is 25.0. The number of carboxylic acids is 1. The average Bonchev–Trinajstić information content (AvgIpc) is 3.73. The highest BCUT2D eigenvalue weighted by atomic mass is 79.9. The number of aromatic nitrogens is 2. The number of hydrogen-bond acceptors (Lipinski definition) is 16. The van der Waals surface area contributed by atoms with Crippen molar-refractivity contribution in [2.24, 2.45) is 23.0 Å². The lowest BCUT2D eigenvalue weighted by Gasteiger charge is -2.49. The molecule has 7 atom stereocenters. The van der Waals surface area contributed by atoms with Gasteiger partial charge in [-0.15, -0.1) is 0 Å². The molecule has 2 saturated carbocycles. The number of carbonyl (C=O) groups excluding carboxylic acids is 1. The van der Waals surface area contributed by atoms with Gasteiger partial charge >= 0.3 is 10.4 Å². The van der Waals surface area contributed by atoms with Crippen LogP contribution in [0, 0.1) is 41.2 Å². The van der Waals surface area contributed by atoms with Crippen molar-refractivity contribution < 1.29 is 65.6 Å². The van der Waals surface area contributed by atoms with Crippen LogP contribution in [0.3, 0.4) is 0 Å². The third-order valence-corrected chi connectivity index (χ3v) is 15.7. The van der Waals surface area contributed by atoms with E-state index < -0.39 is 52.2 Å². The maximum Gasteiger partial charge on any atom is 0.320 e. The van der Waals surface area contributed by atoms with Gasteiger partial charge in [-0.2, -0.15) is 0 Å². The number of phenolic OH excluding ortho intramolecular Hbond substituents is 5. The summed E-state index contributed by atoms with van der Waals surface area (Å²) in [6, 6.07) is 27.2. The van der Waals surface area contributed by atoms with Crippen LogP contribution in [0.5, 0.6) is 28.7 Å². The normalized spacial score (nSPS) is 20.4. The Bertz CT molecular complexity index is 2890. The van der Waals surface area contributed by atoms with Gasteiger partial charge in [0, 0.05) is 62.3 Å². The number of rotatable bonds is 10. The van der Waals surface area contributed by atoms with Crippen LogP contribution in [-0.4, -0.2) is 114 Å². The molecule has 18 nitrogen and oxygen atoms in total. The van der Waals surface area contributed by atoms with Gasteiger partial charge in [0.1, 0.15) is 48.0 Å². The lowest BCUT2D eigenvalue weighted by molar-refractivity contribution is -0.542. The Morgan fingerprint density at radius 3 is 1.87 bits per heavy atom. The number of phenols is 5. The summed E-state index contributed by atoms with van der Waals surface area (Å²) in [4.78, 5) is 40.0. The number of alkyl halides is 1. The zero-order valence-corrected chi connectivity index (χ0v) is 45.2. The molecule has 9 rings (SSSR count). The summed E-state index contributed by atoms with van der Waals surface area (Å²) in [5, 5.41) is 104. The first-order valence-corrected chi connectivity index (χ1v) is 25.7. The molecule has 0 saturated heterocycles. The fourth-order valence-corrected chi connectivity index (χ4v) is 10.2. The molecule has 0 unspecified atom stereocenters. The van der Waals surface area contributed by atoms with Crippen molar-refractivity contribution in [3.05, 3.63) is 171 Å². The molecule has 2 heterocycles. The van der Waals surface area contributed by atoms with E-state index in [-0.39, 0.29) is 45.3 Å². The predicted molar refractivity (Wildman–Crippen MR) is 293 cm³/mol. The number of nitrogens with two attached hydrogens (primary N) is 1. The number of fused-ring (bicyclic) bond motifs is 5. The number of Topliss-reactive ketones (excluding diaryl/α,β-unsaturated/α-hetero) is 1. The Morgan fingerprint density at radius 1 is 0.805 bits per heavy atom. The first-order chi connectivity index (χ1) is 36.3. The second-order valence-electron chi connectivity index (χ2n) is 20.5. The number of aryl methyl sites for hydroxylation is 3. The van der Waals surface area contributed by atoms with Crippen LogP contribution >= 0.6 is 15.9 Å². The lowest BCUT2D eigenvalue weighted by atomic mass is 9.55. The van der Waals surface area contributed by atoms with E-state index in [4.69, 9.17) is 21.1 Å². The van der Waals surface area contributed by atoms with E-state index in [2.05, 4.69) is 38.9 Å². The number of hydrogen-bond donors (Lipinski definition) is 11. The fraction of sp³-hybridized carbons (Fsp3) is 0.379. The maximum atomic E-state index is 12.4. The summed E-state index contributed by atoms with van der Waals surface area (Å²) in [6.45, 7) is 7.84. The molecule has 4 aromatic carbocycles. The van der Waals surface area contributed by atoms with Gasteiger partial charge in [0.05, 0.1) is 17.6 Å². The lowest BCUT2D eigenvalue weighted by Crippen LogP contribution is -2.44. The number of aliphatic hydroxyl groups is 4. The molecule has 0 spiro atoms. The van der Waals surface area contributed by atoms with Crippen LogP contribution in [-0.2, 0) is 23.1 Å². The molecule has 6 aromatic rings. The zero-order chi connectivity index (χ0) is 57.0. The van der Waals surface area contributed by atoms with Gasteiger partial charge in [0.15, 0.2) is 5.78 Å². The summed E-state index contributed by atoms with van der Waals surface area (Å²) in [6.07, 6.45) is 10.9. The Kier molecular flexibility index (Phi) is 20.8. The summed E-state index contributed by atoms with van der Waals surface area (Å²) in [7, 11) is 0.